The number of carbonyl (C=O) groups is 1. The second kappa shape index (κ2) is 9.72. The Hall–Kier alpha value is -3.59. The number of nitrogens with one attached hydrogen (secondary N) is 1. The molecule has 0 radical (unpaired) electrons. The molecule has 4 rings (SSSR count). The first-order valence-electron chi connectivity index (χ1n) is 10.8. The van der Waals surface area contributed by atoms with Gasteiger partial charge in [0.2, 0.25) is 5.91 Å². The van der Waals surface area contributed by atoms with E-state index in [1.807, 2.05) is 13.0 Å². The van der Waals surface area contributed by atoms with Crippen molar-refractivity contribution in [3.63, 3.8) is 0 Å². The highest BCUT2D eigenvalue weighted by Gasteiger charge is 2.28. The number of sulfonamides is 1. The number of nitrogens with zero attached hydrogens (tertiary/aromatic N) is 1. The Kier molecular flexibility index (Phi) is 6.74. The van der Waals surface area contributed by atoms with Crippen molar-refractivity contribution in [3.8, 4) is 11.5 Å². The highest BCUT2D eigenvalue weighted by molar-refractivity contribution is 7.92. The topological polar surface area (TPSA) is 84.9 Å². The van der Waals surface area contributed by atoms with Crippen LogP contribution in [0, 0.1) is 12.7 Å². The molecule has 0 aliphatic carbocycles. The van der Waals surface area contributed by atoms with E-state index >= 15 is 0 Å². The van der Waals surface area contributed by atoms with Crippen LogP contribution in [-0.4, -0.2) is 34.1 Å². The maximum absolute atomic E-state index is 13.4. The van der Waals surface area contributed by atoms with Crippen molar-refractivity contribution in [2.24, 2.45) is 0 Å². The molecule has 0 spiro atoms. The van der Waals surface area contributed by atoms with Gasteiger partial charge in [-0.15, -0.1) is 0 Å². The second-order valence-corrected chi connectivity index (χ2v) is 9.86. The van der Waals surface area contributed by atoms with Gasteiger partial charge in [-0.05, 0) is 67.9 Å². The van der Waals surface area contributed by atoms with Crippen molar-refractivity contribution in [3.05, 3.63) is 83.7 Å². The van der Waals surface area contributed by atoms with Gasteiger partial charge in [-0.25, -0.2) is 12.8 Å². The van der Waals surface area contributed by atoms with Gasteiger partial charge < -0.3 is 14.8 Å². The smallest absolute Gasteiger partial charge is 0.264 e. The maximum atomic E-state index is 13.4. The van der Waals surface area contributed by atoms with Gasteiger partial charge >= 0.3 is 0 Å². The van der Waals surface area contributed by atoms with E-state index in [9.17, 15) is 17.6 Å². The van der Waals surface area contributed by atoms with Crippen LogP contribution in [0.5, 0.6) is 11.5 Å². The Bertz CT molecular complexity index is 1280. The molecule has 0 fully saturated rings. The molecule has 1 amide bonds. The van der Waals surface area contributed by atoms with Crippen LogP contribution in [0.1, 0.15) is 24.1 Å². The Morgan fingerprint density at radius 3 is 2.32 bits per heavy atom. The summed E-state index contributed by atoms with van der Waals surface area (Å²) in [7, 11) is -4.12. The van der Waals surface area contributed by atoms with Gasteiger partial charge in [-0.2, -0.15) is 0 Å². The standard InChI is InChI=1S/C25H25FN2O5S/c1-17-3-8-21(9-4-17)28(34(30,31)22-10-6-20(26)7-11-22)16-25(29)27-18(2)19-5-12-23-24(15-19)33-14-13-32-23/h3-12,15,18H,13-14,16H2,1-2H3,(H,27,29)/t18-/m0/s1. The van der Waals surface area contributed by atoms with E-state index in [1.54, 1.807) is 43.3 Å². The van der Waals surface area contributed by atoms with Crippen LogP contribution in [0.15, 0.2) is 71.6 Å². The predicted molar refractivity (Wildman–Crippen MR) is 126 cm³/mol. The first kappa shape index (κ1) is 23.6. The van der Waals surface area contributed by atoms with Gasteiger partial charge in [0.05, 0.1) is 16.6 Å². The first-order chi connectivity index (χ1) is 16.2. The first-order valence-corrected chi connectivity index (χ1v) is 12.2. The van der Waals surface area contributed by atoms with Crippen LogP contribution in [0.2, 0.25) is 0 Å². The number of ether oxygens (including phenoxy) is 2. The molecule has 9 heteroatoms. The molecule has 0 bridgehead atoms. The molecule has 1 heterocycles. The normalized spacial score (nSPS) is 13.7. The summed E-state index contributed by atoms with van der Waals surface area (Å²) in [5.74, 6) is 0.204. The van der Waals surface area contributed by atoms with Gasteiger partial charge in [0, 0.05) is 0 Å². The minimum absolute atomic E-state index is 0.109. The quantitative estimate of drug-likeness (QED) is 0.549. The average Bonchev–Trinajstić information content (AvgIpc) is 2.83. The minimum Gasteiger partial charge on any atom is -0.486 e. The van der Waals surface area contributed by atoms with Gasteiger partial charge in [-0.3, -0.25) is 9.10 Å². The largest absolute Gasteiger partial charge is 0.486 e. The van der Waals surface area contributed by atoms with Crippen molar-refractivity contribution in [1.29, 1.82) is 0 Å². The van der Waals surface area contributed by atoms with Crippen LogP contribution in [0.4, 0.5) is 10.1 Å². The molecule has 1 aliphatic rings. The zero-order valence-electron chi connectivity index (χ0n) is 18.8. The zero-order chi connectivity index (χ0) is 24.3. The van der Waals surface area contributed by atoms with E-state index in [2.05, 4.69) is 5.32 Å². The van der Waals surface area contributed by atoms with Crippen molar-refractivity contribution < 1.29 is 27.1 Å². The molecule has 0 aromatic heterocycles. The molecule has 3 aromatic rings. The summed E-state index contributed by atoms with van der Waals surface area (Å²) in [4.78, 5) is 12.9. The summed E-state index contributed by atoms with van der Waals surface area (Å²) in [5, 5.41) is 2.85. The van der Waals surface area contributed by atoms with Crippen LogP contribution >= 0.6 is 0 Å². The lowest BCUT2D eigenvalue weighted by Crippen LogP contribution is -2.41. The number of hydrogen-bond acceptors (Lipinski definition) is 5. The molecule has 1 aliphatic heterocycles. The van der Waals surface area contributed by atoms with Crippen LogP contribution in [0.25, 0.3) is 0 Å². The van der Waals surface area contributed by atoms with E-state index in [4.69, 9.17) is 9.47 Å². The summed E-state index contributed by atoms with van der Waals surface area (Å²) >= 11 is 0. The van der Waals surface area contributed by atoms with Gasteiger partial charge in [0.1, 0.15) is 25.6 Å². The van der Waals surface area contributed by atoms with Gasteiger partial charge in [-0.1, -0.05) is 23.8 Å². The lowest BCUT2D eigenvalue weighted by Gasteiger charge is -2.25. The molecule has 34 heavy (non-hydrogen) atoms. The number of fused-ring (bicyclic) bond motifs is 1. The van der Waals surface area contributed by atoms with E-state index in [-0.39, 0.29) is 4.90 Å². The number of aryl methyl sites for hydroxylation is 1. The Morgan fingerprint density at radius 1 is 1.00 bits per heavy atom. The minimum atomic E-state index is -4.12. The Labute approximate surface area is 198 Å². The number of hydrogen-bond donors (Lipinski definition) is 1. The zero-order valence-corrected chi connectivity index (χ0v) is 19.6. The number of rotatable bonds is 7. The summed E-state index contributed by atoms with van der Waals surface area (Å²) in [6, 6.07) is 16.3. The molecule has 0 saturated heterocycles. The fourth-order valence-corrected chi connectivity index (χ4v) is 5.01. The predicted octanol–water partition coefficient (Wildman–Crippen LogP) is 3.98. The molecule has 3 aromatic carbocycles. The SMILES string of the molecule is Cc1ccc(N(CC(=O)N[C@@H](C)c2ccc3c(c2)OCCO3)S(=O)(=O)c2ccc(F)cc2)cc1. The molecular weight excluding hydrogens is 459 g/mol. The third-order valence-electron chi connectivity index (χ3n) is 5.45. The van der Waals surface area contributed by atoms with Crippen LogP contribution in [-0.2, 0) is 14.8 Å². The number of carbonyl (C=O) groups excluding carboxylic acids is 1. The number of halogens is 1. The molecular formula is C25H25FN2O5S. The fourth-order valence-electron chi connectivity index (χ4n) is 3.59. The van der Waals surface area contributed by atoms with E-state index < -0.39 is 34.3 Å². The van der Waals surface area contributed by atoms with Gasteiger partial charge in [0.25, 0.3) is 10.0 Å². The van der Waals surface area contributed by atoms with Crippen LogP contribution in [0.3, 0.4) is 0 Å². The number of anilines is 1. The molecule has 1 atom stereocenters. The third-order valence-corrected chi connectivity index (χ3v) is 7.24. The van der Waals surface area contributed by atoms with Crippen LogP contribution < -0.4 is 19.1 Å². The van der Waals surface area contributed by atoms with E-state index in [0.29, 0.717) is 30.4 Å². The monoisotopic (exact) mass is 484 g/mol. The van der Waals surface area contributed by atoms with E-state index in [1.165, 1.54) is 12.1 Å². The highest BCUT2D eigenvalue weighted by atomic mass is 32.2. The highest BCUT2D eigenvalue weighted by Crippen LogP contribution is 2.32. The average molecular weight is 485 g/mol. The van der Waals surface area contributed by atoms with Crippen molar-refractivity contribution >= 4 is 21.6 Å². The Balaban J connectivity index is 1.56. The summed E-state index contributed by atoms with van der Waals surface area (Å²) in [6.07, 6.45) is 0. The molecule has 1 N–H and O–H groups in total. The summed E-state index contributed by atoms with van der Waals surface area (Å²) in [5.41, 5.74) is 2.07. The Morgan fingerprint density at radius 2 is 1.65 bits per heavy atom. The third kappa shape index (κ3) is 5.14. The van der Waals surface area contributed by atoms with Crippen molar-refractivity contribution in [2.75, 3.05) is 24.1 Å². The van der Waals surface area contributed by atoms with Crippen molar-refractivity contribution in [1.82, 2.24) is 5.32 Å². The van der Waals surface area contributed by atoms with Gasteiger partial charge in [0.15, 0.2) is 11.5 Å². The molecule has 178 valence electrons. The lowest BCUT2D eigenvalue weighted by molar-refractivity contribution is -0.120. The summed E-state index contributed by atoms with van der Waals surface area (Å²) in [6.45, 7) is 4.16. The fraction of sp³-hybridized carbons (Fsp3) is 0.240. The molecule has 0 unspecified atom stereocenters. The maximum Gasteiger partial charge on any atom is 0.264 e. The second-order valence-electron chi connectivity index (χ2n) is 7.99. The molecule has 0 saturated carbocycles. The summed E-state index contributed by atoms with van der Waals surface area (Å²) < 4.78 is 52.3. The number of amides is 1. The van der Waals surface area contributed by atoms with Crippen molar-refractivity contribution in [2.45, 2.75) is 24.8 Å². The van der Waals surface area contributed by atoms with E-state index in [0.717, 1.165) is 27.6 Å². The lowest BCUT2D eigenvalue weighted by atomic mass is 10.1. The number of benzene rings is 3. The molecule has 7 nitrogen and oxygen atoms in total.